The van der Waals surface area contributed by atoms with Crippen LogP contribution in [0.15, 0.2) is 153 Å². The Labute approximate surface area is 508 Å². The second kappa shape index (κ2) is 28.4. The Bertz CT molecular complexity index is 3590. The Morgan fingerprint density at radius 1 is 0.523 bits per heavy atom. The lowest BCUT2D eigenvalue weighted by atomic mass is 10.1. The summed E-state index contributed by atoms with van der Waals surface area (Å²) < 4.78 is 15.0. The van der Waals surface area contributed by atoms with E-state index in [2.05, 4.69) is 20.4 Å². The molecule has 2 aromatic heterocycles. The normalized spacial score (nSPS) is 17.4. The number of hydrogen-bond donors (Lipinski definition) is 2. The van der Waals surface area contributed by atoms with Crippen molar-refractivity contribution in [2.45, 2.75) is 85.5 Å². The number of amides is 4. The second-order valence-electron chi connectivity index (χ2n) is 22.2. The number of rotatable bonds is 24. The smallest absolute Gasteiger partial charge is 0.262 e. The summed E-state index contributed by atoms with van der Waals surface area (Å²) in [6, 6.07) is 42.3. The largest absolute Gasteiger partial charge is 0.370 e. The van der Waals surface area contributed by atoms with Crippen LogP contribution in [0.2, 0.25) is 0 Å². The van der Waals surface area contributed by atoms with Gasteiger partial charge >= 0.3 is 0 Å². The van der Waals surface area contributed by atoms with Crippen molar-refractivity contribution < 1.29 is 28.7 Å². The van der Waals surface area contributed by atoms with E-state index in [-0.39, 0.29) is 60.0 Å². The minimum Gasteiger partial charge on any atom is -0.370 e. The molecule has 20 heteroatoms. The van der Waals surface area contributed by atoms with Gasteiger partial charge in [0.05, 0.1) is 35.0 Å². The molecule has 3 saturated heterocycles. The van der Waals surface area contributed by atoms with Crippen LogP contribution >= 0.6 is 23.5 Å². The van der Waals surface area contributed by atoms with Gasteiger partial charge in [-0.25, -0.2) is 9.97 Å². The van der Waals surface area contributed by atoms with Gasteiger partial charge in [-0.15, -0.1) is 0 Å². The van der Waals surface area contributed by atoms with E-state index in [1.807, 2.05) is 157 Å². The van der Waals surface area contributed by atoms with Gasteiger partial charge in [-0.05, 0) is 96.5 Å². The average molecular weight is 1200 g/mol. The van der Waals surface area contributed by atoms with Crippen molar-refractivity contribution in [2.24, 2.45) is 0 Å². The zero-order chi connectivity index (χ0) is 59.5. The van der Waals surface area contributed by atoms with Crippen molar-refractivity contribution >= 4 is 90.5 Å². The maximum atomic E-state index is 14.6. The van der Waals surface area contributed by atoms with Crippen LogP contribution in [0.4, 0.5) is 0 Å². The van der Waals surface area contributed by atoms with E-state index in [9.17, 15) is 28.8 Å². The Balaban J connectivity index is 0.588. The highest BCUT2D eigenvalue weighted by atomic mass is 32.2. The summed E-state index contributed by atoms with van der Waals surface area (Å²) >= 11 is 2.60. The number of fused-ring (bicyclic) bond motifs is 4. The molecule has 18 nitrogen and oxygen atoms in total. The van der Waals surface area contributed by atoms with Crippen LogP contribution in [-0.4, -0.2) is 166 Å². The van der Waals surface area contributed by atoms with E-state index in [1.54, 1.807) is 9.13 Å². The van der Waals surface area contributed by atoms with Crippen LogP contribution < -0.4 is 21.8 Å². The molecule has 3 aliphatic heterocycles. The van der Waals surface area contributed by atoms with Gasteiger partial charge in [-0.2, -0.15) is 0 Å². The van der Waals surface area contributed by atoms with Gasteiger partial charge in [0, 0.05) is 90.6 Å². The number of benzene rings is 6. The minimum atomic E-state index is -0.658. The van der Waals surface area contributed by atoms with Gasteiger partial charge in [0.25, 0.3) is 11.1 Å². The summed E-state index contributed by atoms with van der Waals surface area (Å²) in [5.74, 6) is -0.627. The number of nitrogens with zero attached hydrogens (tertiary/aromatic N) is 8. The molecule has 0 saturated carbocycles. The Hall–Kier alpha value is -7.46. The summed E-state index contributed by atoms with van der Waals surface area (Å²) in [6.45, 7) is 11.7. The molecule has 4 atom stereocenters. The molecule has 0 radical (unpaired) electrons. The predicted molar refractivity (Wildman–Crippen MR) is 338 cm³/mol. The number of hydrogen-bond acceptors (Lipinski definition) is 14. The first-order valence-electron chi connectivity index (χ1n) is 30.1. The van der Waals surface area contributed by atoms with Crippen molar-refractivity contribution in [1.29, 1.82) is 0 Å². The zero-order valence-electron chi connectivity index (χ0n) is 48.8. The third-order valence-corrected chi connectivity index (χ3v) is 19.2. The summed E-state index contributed by atoms with van der Waals surface area (Å²) in [7, 11) is 0. The van der Waals surface area contributed by atoms with Crippen LogP contribution in [0.3, 0.4) is 0 Å². The number of aromatic nitrogens is 4. The molecule has 448 valence electrons. The number of ether oxygens (including phenoxy) is 2. The lowest BCUT2D eigenvalue weighted by Crippen LogP contribution is -2.48. The van der Waals surface area contributed by atoms with Crippen LogP contribution in [0.5, 0.6) is 0 Å². The standard InChI is InChI=1S/C66H74N10O8S2/c1-3-73-61(79)53-37-47-21-11-13-23-49(47)39-55(53)69-65(73)85-59(45-17-7-5-8-18-45)63(81)75-27-15-25-51(75)41-67-57(77)43-83-35-33-71-29-31-72(32-30-71)34-36-84-44-58(78)68-42-52-26-16-28-76(52)64(82)60(46-19-9-6-10-20-46)86-66-70-56-40-50-24-14-12-22-48(50)38-54(56)62(80)74(66)4-2/h5-14,17-24,37-40,51-52,59-60H,3-4,15-16,25-36,41-44H2,1-2H3,(H,67,77)(H,68,78)/t51-,52-,59-,60-/m1/s1. The van der Waals surface area contributed by atoms with Crippen molar-refractivity contribution in [3.8, 4) is 0 Å². The highest BCUT2D eigenvalue weighted by molar-refractivity contribution is 8.00. The number of thioether (sulfide) groups is 2. The number of carbonyl (C=O) groups is 4. The summed E-state index contributed by atoms with van der Waals surface area (Å²) in [4.78, 5) is 102. The molecule has 0 unspecified atom stereocenters. The average Bonchev–Trinajstić information content (AvgIpc) is 4.30. The Morgan fingerprint density at radius 3 is 1.28 bits per heavy atom. The molecule has 0 spiro atoms. The molecule has 86 heavy (non-hydrogen) atoms. The summed E-state index contributed by atoms with van der Waals surface area (Å²) in [5.41, 5.74) is 2.54. The van der Waals surface area contributed by atoms with Crippen molar-refractivity contribution in [1.82, 2.24) is 49.3 Å². The lowest BCUT2D eigenvalue weighted by molar-refractivity contribution is -0.133. The van der Waals surface area contributed by atoms with Crippen LogP contribution in [0.25, 0.3) is 43.4 Å². The van der Waals surface area contributed by atoms with Crippen LogP contribution in [0.1, 0.15) is 61.2 Å². The van der Waals surface area contributed by atoms with E-state index < -0.39 is 10.5 Å². The fourth-order valence-corrected chi connectivity index (χ4v) is 14.5. The maximum absolute atomic E-state index is 14.6. The first-order valence-corrected chi connectivity index (χ1v) is 31.8. The first kappa shape index (κ1) is 60.2. The van der Waals surface area contributed by atoms with E-state index in [0.29, 0.717) is 97.7 Å². The van der Waals surface area contributed by atoms with E-state index in [0.717, 1.165) is 84.5 Å². The van der Waals surface area contributed by atoms with Crippen molar-refractivity contribution in [3.05, 3.63) is 165 Å². The quantitative estimate of drug-likeness (QED) is 0.0259. The van der Waals surface area contributed by atoms with Gasteiger partial charge in [0.2, 0.25) is 23.6 Å². The van der Waals surface area contributed by atoms with Gasteiger partial charge in [0.1, 0.15) is 23.7 Å². The molecule has 11 rings (SSSR count). The molecule has 5 heterocycles. The molecule has 3 fully saturated rings. The summed E-state index contributed by atoms with van der Waals surface area (Å²) in [6.07, 6.45) is 3.14. The highest BCUT2D eigenvalue weighted by Gasteiger charge is 2.37. The molecule has 8 aromatic rings. The van der Waals surface area contributed by atoms with Gasteiger partial charge in [-0.3, -0.25) is 47.7 Å². The molecular formula is C66H74N10O8S2. The molecule has 4 amide bonds. The monoisotopic (exact) mass is 1200 g/mol. The highest BCUT2D eigenvalue weighted by Crippen LogP contribution is 2.40. The molecule has 2 N–H and O–H groups in total. The van der Waals surface area contributed by atoms with Gasteiger partial charge in [-0.1, -0.05) is 133 Å². The SMILES string of the molecule is CCn1c(S[C@@H](C(=O)N2CCC[C@@H]2CNC(=O)COCCN2CCN(CCOCC(=O)NC[C@H]3CCCN3C(=O)[C@H](Sc3nc4cc5ccccc5cc4c(=O)n3CC)c3ccccc3)CC2)c2ccccc2)nc2cc3ccccc3cc2c1=O. The molecular weight excluding hydrogens is 1120 g/mol. The third-order valence-electron chi connectivity index (χ3n) is 16.7. The Morgan fingerprint density at radius 2 is 0.895 bits per heavy atom. The van der Waals surface area contributed by atoms with E-state index in [4.69, 9.17) is 19.4 Å². The Kier molecular flexibility index (Phi) is 19.9. The fraction of sp³-hybridized carbons (Fsp3) is 0.394. The van der Waals surface area contributed by atoms with E-state index in [1.165, 1.54) is 23.5 Å². The molecule has 0 aliphatic carbocycles. The zero-order valence-corrected chi connectivity index (χ0v) is 50.4. The molecule has 6 aromatic carbocycles. The predicted octanol–water partition coefficient (Wildman–Crippen LogP) is 7.68. The number of carbonyl (C=O) groups excluding carboxylic acids is 4. The lowest BCUT2D eigenvalue weighted by Gasteiger charge is -2.34. The maximum Gasteiger partial charge on any atom is 0.262 e. The second-order valence-corrected chi connectivity index (χ2v) is 24.3. The van der Waals surface area contributed by atoms with E-state index >= 15 is 0 Å². The van der Waals surface area contributed by atoms with Gasteiger partial charge < -0.3 is 29.9 Å². The first-order chi connectivity index (χ1) is 42.0. The minimum absolute atomic E-state index is 0.0799. The molecule has 3 aliphatic rings. The number of likely N-dealkylation sites (tertiary alicyclic amines) is 2. The third kappa shape index (κ3) is 14.0. The van der Waals surface area contributed by atoms with Crippen molar-refractivity contribution in [2.75, 3.05) is 91.9 Å². The number of piperazine rings is 1. The summed E-state index contributed by atoms with van der Waals surface area (Å²) in [5, 5.41) is 10.7. The molecule has 0 bridgehead atoms. The fourth-order valence-electron chi connectivity index (χ4n) is 12.0. The van der Waals surface area contributed by atoms with Gasteiger partial charge in [0.15, 0.2) is 10.3 Å². The van der Waals surface area contributed by atoms with Crippen molar-refractivity contribution in [3.63, 3.8) is 0 Å². The number of nitrogens with one attached hydrogen (secondary N) is 2. The topological polar surface area (TPSA) is 194 Å². The van der Waals surface area contributed by atoms with Crippen LogP contribution in [-0.2, 0) is 41.7 Å². The van der Waals surface area contributed by atoms with Crippen LogP contribution in [0, 0.1) is 0 Å².